The van der Waals surface area contributed by atoms with Crippen LogP contribution in [0.15, 0.2) is 54.6 Å². The molecule has 1 N–H and O–H groups in total. The zero-order chi connectivity index (χ0) is 21.6. The number of carbonyl (C=O) groups is 3. The molecular formula is C25H27N3O3. The fraction of sp³-hybridized carbons (Fsp3) is 0.400. The Morgan fingerprint density at radius 3 is 2.45 bits per heavy atom. The molecule has 1 atom stereocenters. The van der Waals surface area contributed by atoms with E-state index in [1.807, 2.05) is 43.3 Å². The highest BCUT2D eigenvalue weighted by Gasteiger charge is 2.53. The van der Waals surface area contributed by atoms with Crippen molar-refractivity contribution in [2.75, 3.05) is 18.0 Å². The molecule has 2 aromatic carbocycles. The molecule has 2 aromatic rings. The molecule has 0 bridgehead atoms. The van der Waals surface area contributed by atoms with E-state index >= 15 is 0 Å². The summed E-state index contributed by atoms with van der Waals surface area (Å²) in [5, 5.41) is 3.08. The van der Waals surface area contributed by atoms with Gasteiger partial charge < -0.3 is 10.2 Å². The van der Waals surface area contributed by atoms with Gasteiger partial charge in [-0.3, -0.25) is 19.3 Å². The molecule has 2 aliphatic heterocycles. The Hall–Kier alpha value is -3.15. The van der Waals surface area contributed by atoms with Gasteiger partial charge in [-0.1, -0.05) is 42.5 Å². The van der Waals surface area contributed by atoms with E-state index in [-0.39, 0.29) is 36.1 Å². The molecule has 1 saturated heterocycles. The Bertz CT molecular complexity index is 1050. The van der Waals surface area contributed by atoms with Gasteiger partial charge in [0.05, 0.1) is 11.3 Å². The summed E-state index contributed by atoms with van der Waals surface area (Å²) in [6.07, 6.45) is 3.35. The van der Waals surface area contributed by atoms with Gasteiger partial charge in [0.1, 0.15) is 5.66 Å². The van der Waals surface area contributed by atoms with E-state index in [2.05, 4.69) is 17.4 Å². The molecule has 0 unspecified atom stereocenters. The maximum absolute atomic E-state index is 13.3. The van der Waals surface area contributed by atoms with Crippen LogP contribution in [0.4, 0.5) is 5.69 Å². The standard InChI is InChI=1S/C25H27N3O3/c1-24-13-11-22(30)28(24)20-10-6-5-9-19(20)23(31)27(24)16-12-21(29)26-17-25(14-15-25)18-7-3-2-4-8-18/h2-10H,11-17H2,1H3,(H,26,29)/t24-/m1/s1. The predicted octanol–water partition coefficient (Wildman–Crippen LogP) is 3.22. The van der Waals surface area contributed by atoms with Crippen LogP contribution < -0.4 is 10.2 Å². The molecule has 3 amide bonds. The van der Waals surface area contributed by atoms with Crippen molar-refractivity contribution in [2.45, 2.75) is 50.1 Å². The summed E-state index contributed by atoms with van der Waals surface area (Å²) in [6, 6.07) is 17.6. The summed E-state index contributed by atoms with van der Waals surface area (Å²) in [4.78, 5) is 42.0. The molecule has 0 radical (unpaired) electrons. The number of anilines is 1. The fourth-order valence-electron chi connectivity index (χ4n) is 5.12. The van der Waals surface area contributed by atoms with Crippen LogP contribution in [0, 0.1) is 0 Å². The van der Waals surface area contributed by atoms with Crippen LogP contribution in [0.1, 0.15) is 54.9 Å². The second-order valence-corrected chi connectivity index (χ2v) is 9.09. The summed E-state index contributed by atoms with van der Waals surface area (Å²) >= 11 is 0. The van der Waals surface area contributed by atoms with Crippen LogP contribution in [-0.4, -0.2) is 41.4 Å². The molecule has 6 nitrogen and oxygen atoms in total. The first-order valence-corrected chi connectivity index (χ1v) is 11.0. The lowest BCUT2D eigenvalue weighted by Gasteiger charge is -2.48. The summed E-state index contributed by atoms with van der Waals surface area (Å²) in [5.74, 6) is -0.149. The van der Waals surface area contributed by atoms with Gasteiger partial charge in [-0.05, 0) is 43.9 Å². The topological polar surface area (TPSA) is 69.7 Å². The Morgan fingerprint density at radius 1 is 1.00 bits per heavy atom. The molecule has 0 spiro atoms. The molecule has 2 heterocycles. The van der Waals surface area contributed by atoms with Gasteiger partial charge >= 0.3 is 0 Å². The average molecular weight is 418 g/mol. The van der Waals surface area contributed by atoms with Gasteiger partial charge in [-0.2, -0.15) is 0 Å². The summed E-state index contributed by atoms with van der Waals surface area (Å²) < 4.78 is 0. The Morgan fingerprint density at radius 2 is 1.71 bits per heavy atom. The van der Waals surface area contributed by atoms with Crippen LogP contribution in [0.25, 0.3) is 0 Å². The number of para-hydroxylation sites is 1. The number of nitrogens with zero attached hydrogens (tertiary/aromatic N) is 2. The first kappa shape index (κ1) is 19.8. The quantitative estimate of drug-likeness (QED) is 0.785. The Kier molecular flexibility index (Phi) is 4.61. The molecular weight excluding hydrogens is 390 g/mol. The molecule has 31 heavy (non-hydrogen) atoms. The number of carbonyl (C=O) groups excluding carboxylic acids is 3. The van der Waals surface area contributed by atoms with Crippen LogP contribution in [0.3, 0.4) is 0 Å². The van der Waals surface area contributed by atoms with Crippen LogP contribution in [0.5, 0.6) is 0 Å². The van der Waals surface area contributed by atoms with Gasteiger partial charge in [0.25, 0.3) is 5.91 Å². The number of hydrogen-bond acceptors (Lipinski definition) is 3. The maximum Gasteiger partial charge on any atom is 0.257 e. The maximum atomic E-state index is 13.3. The van der Waals surface area contributed by atoms with E-state index < -0.39 is 5.66 Å². The minimum atomic E-state index is -0.718. The number of amides is 3. The number of hydrogen-bond donors (Lipinski definition) is 1. The Labute approximate surface area is 182 Å². The molecule has 0 aromatic heterocycles. The molecule has 3 aliphatic rings. The number of benzene rings is 2. The Balaban J connectivity index is 1.27. The van der Waals surface area contributed by atoms with E-state index in [0.29, 0.717) is 30.6 Å². The van der Waals surface area contributed by atoms with Crippen molar-refractivity contribution < 1.29 is 14.4 Å². The third kappa shape index (κ3) is 3.21. The largest absolute Gasteiger partial charge is 0.355 e. The molecule has 1 aliphatic carbocycles. The van der Waals surface area contributed by atoms with Crippen LogP contribution in [0.2, 0.25) is 0 Å². The van der Waals surface area contributed by atoms with E-state index in [1.54, 1.807) is 15.9 Å². The van der Waals surface area contributed by atoms with Crippen molar-refractivity contribution in [3.63, 3.8) is 0 Å². The number of nitrogens with one attached hydrogen (secondary N) is 1. The molecule has 2 fully saturated rings. The monoisotopic (exact) mass is 417 g/mol. The van der Waals surface area contributed by atoms with Gasteiger partial charge in [-0.25, -0.2) is 0 Å². The summed E-state index contributed by atoms with van der Waals surface area (Å²) in [7, 11) is 0. The lowest BCUT2D eigenvalue weighted by molar-refractivity contribution is -0.121. The molecule has 1 saturated carbocycles. The smallest absolute Gasteiger partial charge is 0.257 e. The highest BCUT2D eigenvalue weighted by atomic mass is 16.2. The molecule has 5 rings (SSSR count). The van der Waals surface area contributed by atoms with Crippen molar-refractivity contribution in [3.8, 4) is 0 Å². The number of fused-ring (bicyclic) bond motifs is 3. The van der Waals surface area contributed by atoms with Crippen molar-refractivity contribution in [1.82, 2.24) is 10.2 Å². The van der Waals surface area contributed by atoms with E-state index in [9.17, 15) is 14.4 Å². The SMILES string of the molecule is C[C@]12CCC(=O)N1c1ccccc1C(=O)N2CCC(=O)NCC1(c2ccccc2)CC1. The lowest BCUT2D eigenvalue weighted by Crippen LogP contribution is -2.62. The number of rotatable bonds is 6. The summed E-state index contributed by atoms with van der Waals surface area (Å²) in [6.45, 7) is 2.84. The zero-order valence-electron chi connectivity index (χ0n) is 17.8. The lowest BCUT2D eigenvalue weighted by atomic mass is 9.96. The second kappa shape index (κ2) is 7.22. The zero-order valence-corrected chi connectivity index (χ0v) is 17.8. The van der Waals surface area contributed by atoms with Crippen LogP contribution >= 0.6 is 0 Å². The highest BCUT2D eigenvalue weighted by Crippen LogP contribution is 2.47. The molecule has 160 valence electrons. The highest BCUT2D eigenvalue weighted by molar-refractivity contribution is 6.10. The minimum Gasteiger partial charge on any atom is -0.355 e. The van der Waals surface area contributed by atoms with Crippen molar-refractivity contribution in [1.29, 1.82) is 0 Å². The van der Waals surface area contributed by atoms with Gasteiger partial charge in [0, 0.05) is 31.3 Å². The fourth-order valence-corrected chi connectivity index (χ4v) is 5.12. The third-order valence-corrected chi connectivity index (χ3v) is 7.17. The minimum absolute atomic E-state index is 0.0236. The van der Waals surface area contributed by atoms with Crippen molar-refractivity contribution in [3.05, 3.63) is 65.7 Å². The van der Waals surface area contributed by atoms with E-state index in [0.717, 1.165) is 12.8 Å². The van der Waals surface area contributed by atoms with E-state index in [1.165, 1.54) is 5.56 Å². The second-order valence-electron chi connectivity index (χ2n) is 9.09. The first-order chi connectivity index (χ1) is 14.9. The van der Waals surface area contributed by atoms with E-state index in [4.69, 9.17) is 0 Å². The first-order valence-electron chi connectivity index (χ1n) is 11.0. The van der Waals surface area contributed by atoms with Crippen molar-refractivity contribution >= 4 is 23.4 Å². The third-order valence-electron chi connectivity index (χ3n) is 7.17. The van der Waals surface area contributed by atoms with Crippen LogP contribution in [-0.2, 0) is 15.0 Å². The van der Waals surface area contributed by atoms with Crippen molar-refractivity contribution in [2.24, 2.45) is 0 Å². The normalized spacial score (nSPS) is 23.4. The predicted molar refractivity (Wildman–Crippen MR) is 118 cm³/mol. The average Bonchev–Trinajstić information content (AvgIpc) is 3.52. The molecule has 6 heteroatoms. The van der Waals surface area contributed by atoms with Gasteiger partial charge in [-0.15, -0.1) is 0 Å². The van der Waals surface area contributed by atoms with Gasteiger partial charge in [0.15, 0.2) is 0 Å². The van der Waals surface area contributed by atoms with Gasteiger partial charge in [0.2, 0.25) is 11.8 Å². The summed E-state index contributed by atoms with van der Waals surface area (Å²) in [5.41, 5.74) is 1.81.